The molecule has 0 radical (unpaired) electrons. The van der Waals surface area contributed by atoms with Crippen molar-refractivity contribution in [1.82, 2.24) is 29.8 Å². The summed E-state index contributed by atoms with van der Waals surface area (Å²) in [7, 11) is 1.65. The lowest BCUT2D eigenvalue weighted by Gasteiger charge is -2.16. The van der Waals surface area contributed by atoms with Crippen molar-refractivity contribution in [2.75, 3.05) is 25.5 Å². The van der Waals surface area contributed by atoms with Gasteiger partial charge in [0.2, 0.25) is 11.5 Å². The number of fused-ring (bicyclic) bond motifs is 1. The second-order valence-corrected chi connectivity index (χ2v) is 8.68. The largest absolute Gasteiger partial charge is 0.373 e. The minimum atomic E-state index is -1.68. The Morgan fingerprint density at radius 1 is 1.11 bits per heavy atom. The van der Waals surface area contributed by atoms with Gasteiger partial charge in [-0.1, -0.05) is 23.4 Å². The SMILES string of the molecule is CN1CCC(O)(c2cc(-c3cccc(-c4ccnc(Nc5cc6n(n5)CCOC6)n4)c3)no2)C1=O. The van der Waals surface area contributed by atoms with E-state index < -0.39 is 5.60 Å². The molecule has 11 nitrogen and oxygen atoms in total. The van der Waals surface area contributed by atoms with Crippen LogP contribution in [0.3, 0.4) is 0 Å². The summed E-state index contributed by atoms with van der Waals surface area (Å²) in [6.07, 6.45) is 1.95. The Morgan fingerprint density at radius 2 is 1.97 bits per heavy atom. The summed E-state index contributed by atoms with van der Waals surface area (Å²) in [5.74, 6) is 0.852. The van der Waals surface area contributed by atoms with Crippen molar-refractivity contribution in [3.8, 4) is 22.5 Å². The Kier molecular flexibility index (Phi) is 5.08. The molecule has 11 heteroatoms. The number of benzene rings is 1. The number of aromatic nitrogens is 5. The number of carbonyl (C=O) groups excluding carboxylic acids is 1. The first-order chi connectivity index (χ1) is 17.0. The molecule has 35 heavy (non-hydrogen) atoms. The second-order valence-electron chi connectivity index (χ2n) is 8.68. The fourth-order valence-corrected chi connectivity index (χ4v) is 4.37. The molecule has 1 unspecified atom stereocenters. The van der Waals surface area contributed by atoms with Gasteiger partial charge in [-0.05, 0) is 12.1 Å². The Bertz CT molecular complexity index is 1390. The van der Waals surface area contributed by atoms with Crippen molar-refractivity contribution in [3.63, 3.8) is 0 Å². The maximum Gasteiger partial charge on any atom is 0.262 e. The predicted octanol–water partition coefficient (Wildman–Crippen LogP) is 2.32. The van der Waals surface area contributed by atoms with Gasteiger partial charge in [0.25, 0.3) is 5.91 Å². The Balaban J connectivity index is 1.25. The van der Waals surface area contributed by atoms with Crippen molar-refractivity contribution in [1.29, 1.82) is 0 Å². The fourth-order valence-electron chi connectivity index (χ4n) is 4.37. The van der Waals surface area contributed by atoms with Gasteiger partial charge in [-0.2, -0.15) is 5.10 Å². The Labute approximate surface area is 200 Å². The summed E-state index contributed by atoms with van der Waals surface area (Å²) in [5.41, 5.74) is 2.19. The lowest BCUT2D eigenvalue weighted by Crippen LogP contribution is -2.35. The Morgan fingerprint density at radius 3 is 2.77 bits per heavy atom. The molecule has 2 aliphatic rings. The molecule has 1 fully saturated rings. The third-order valence-corrected chi connectivity index (χ3v) is 6.34. The molecule has 1 amide bonds. The number of likely N-dealkylation sites (tertiary alicyclic amines) is 1. The molecule has 0 saturated carbocycles. The first-order valence-corrected chi connectivity index (χ1v) is 11.3. The van der Waals surface area contributed by atoms with Crippen LogP contribution >= 0.6 is 0 Å². The van der Waals surface area contributed by atoms with Gasteiger partial charge in [0.15, 0.2) is 11.6 Å². The van der Waals surface area contributed by atoms with Gasteiger partial charge >= 0.3 is 0 Å². The van der Waals surface area contributed by atoms with Gasteiger partial charge in [-0.25, -0.2) is 9.97 Å². The Hall–Kier alpha value is -4.09. The quantitative estimate of drug-likeness (QED) is 0.448. The van der Waals surface area contributed by atoms with E-state index in [0.717, 1.165) is 23.4 Å². The second kappa shape index (κ2) is 8.29. The number of rotatable bonds is 5. The van der Waals surface area contributed by atoms with Gasteiger partial charge in [0.1, 0.15) is 5.69 Å². The number of nitrogens with one attached hydrogen (secondary N) is 1. The van der Waals surface area contributed by atoms with Crippen LogP contribution in [0.15, 0.2) is 53.2 Å². The number of ether oxygens (including phenoxy) is 1. The zero-order chi connectivity index (χ0) is 24.0. The molecule has 0 bridgehead atoms. The highest BCUT2D eigenvalue weighted by molar-refractivity contribution is 5.87. The number of anilines is 2. The standard InChI is InChI=1S/C24H23N7O4/c1-30-8-6-24(33,22(30)32)20-13-19(29-35-20)16-4-2-3-15(11-16)18-5-7-25-23(26-18)27-21-12-17-14-34-10-9-31(17)28-21/h2-5,7,11-13,33H,6,8-10,14H2,1H3,(H,25,26,27,28). The summed E-state index contributed by atoms with van der Waals surface area (Å²) < 4.78 is 12.8. The van der Waals surface area contributed by atoms with Gasteiger partial charge < -0.3 is 24.6 Å². The van der Waals surface area contributed by atoms with E-state index in [1.165, 1.54) is 4.90 Å². The average Bonchev–Trinajstić information content (AvgIpc) is 3.60. The number of amides is 1. The molecule has 1 saturated heterocycles. The fraction of sp³-hybridized carbons (Fsp3) is 0.292. The van der Waals surface area contributed by atoms with Crippen LogP contribution in [-0.4, -0.2) is 61.0 Å². The number of hydrogen-bond donors (Lipinski definition) is 2. The van der Waals surface area contributed by atoms with Crippen LogP contribution < -0.4 is 5.32 Å². The molecule has 0 aliphatic carbocycles. The van der Waals surface area contributed by atoms with Crippen molar-refractivity contribution in [2.24, 2.45) is 0 Å². The average molecular weight is 473 g/mol. The van der Waals surface area contributed by atoms with E-state index in [4.69, 9.17) is 9.26 Å². The molecule has 5 heterocycles. The summed E-state index contributed by atoms with van der Waals surface area (Å²) in [5, 5.41) is 22.6. The molecular formula is C24H23N7O4. The van der Waals surface area contributed by atoms with Gasteiger partial charge in [0.05, 0.1) is 31.1 Å². The van der Waals surface area contributed by atoms with Gasteiger partial charge in [0, 0.05) is 49.5 Å². The van der Waals surface area contributed by atoms with E-state index in [2.05, 4.69) is 25.5 Å². The van der Waals surface area contributed by atoms with Crippen LogP contribution in [0.1, 0.15) is 17.9 Å². The maximum absolute atomic E-state index is 12.4. The van der Waals surface area contributed by atoms with Crippen LogP contribution in [-0.2, 0) is 28.3 Å². The van der Waals surface area contributed by atoms with E-state index in [1.54, 1.807) is 19.3 Å². The number of carbonyl (C=O) groups is 1. The third kappa shape index (κ3) is 3.84. The highest BCUT2D eigenvalue weighted by Crippen LogP contribution is 2.35. The number of hydrogen-bond acceptors (Lipinski definition) is 9. The molecule has 0 spiro atoms. The van der Waals surface area contributed by atoms with Gasteiger partial charge in [-0.15, -0.1) is 0 Å². The molecule has 4 aromatic rings. The molecule has 1 aromatic carbocycles. The predicted molar refractivity (Wildman–Crippen MR) is 124 cm³/mol. The van der Waals surface area contributed by atoms with E-state index >= 15 is 0 Å². The molecular weight excluding hydrogens is 450 g/mol. The van der Waals surface area contributed by atoms with E-state index in [0.29, 0.717) is 42.9 Å². The number of aliphatic hydroxyl groups is 1. The van der Waals surface area contributed by atoms with Crippen LogP contribution in [0.2, 0.25) is 0 Å². The highest BCUT2D eigenvalue weighted by Gasteiger charge is 2.48. The van der Waals surface area contributed by atoms with Crippen molar-refractivity contribution < 1.29 is 19.2 Å². The van der Waals surface area contributed by atoms with Gasteiger partial charge in [-0.3, -0.25) is 9.48 Å². The molecule has 1 atom stereocenters. The third-order valence-electron chi connectivity index (χ3n) is 6.34. The number of nitrogens with zero attached hydrogens (tertiary/aromatic N) is 6. The molecule has 2 aliphatic heterocycles. The van der Waals surface area contributed by atoms with Crippen LogP contribution in [0.4, 0.5) is 11.8 Å². The van der Waals surface area contributed by atoms with E-state index in [1.807, 2.05) is 41.1 Å². The zero-order valence-corrected chi connectivity index (χ0v) is 19.0. The first kappa shape index (κ1) is 21.4. The summed E-state index contributed by atoms with van der Waals surface area (Å²) in [4.78, 5) is 22.8. The van der Waals surface area contributed by atoms with Crippen LogP contribution in [0.25, 0.3) is 22.5 Å². The van der Waals surface area contributed by atoms with E-state index in [-0.39, 0.29) is 18.1 Å². The summed E-state index contributed by atoms with van der Waals surface area (Å²) in [6, 6.07) is 13.0. The lowest BCUT2D eigenvalue weighted by atomic mass is 9.98. The highest BCUT2D eigenvalue weighted by atomic mass is 16.5. The normalized spacial score (nSPS) is 19.7. The van der Waals surface area contributed by atoms with Crippen molar-refractivity contribution >= 4 is 17.7 Å². The monoisotopic (exact) mass is 473 g/mol. The first-order valence-electron chi connectivity index (χ1n) is 11.3. The molecule has 3 aromatic heterocycles. The zero-order valence-electron chi connectivity index (χ0n) is 19.0. The smallest absolute Gasteiger partial charge is 0.262 e. The number of likely N-dealkylation sites (N-methyl/N-ethyl adjacent to an activating group) is 1. The molecule has 2 N–H and O–H groups in total. The maximum atomic E-state index is 12.4. The van der Waals surface area contributed by atoms with Crippen molar-refractivity contribution in [2.45, 2.75) is 25.2 Å². The minimum absolute atomic E-state index is 0.147. The molecule has 6 rings (SSSR count). The lowest BCUT2D eigenvalue weighted by molar-refractivity contribution is -0.144. The topological polar surface area (TPSA) is 131 Å². The minimum Gasteiger partial charge on any atom is -0.373 e. The summed E-state index contributed by atoms with van der Waals surface area (Å²) in [6.45, 7) is 2.36. The molecule has 178 valence electrons. The van der Waals surface area contributed by atoms with Crippen LogP contribution in [0.5, 0.6) is 0 Å². The van der Waals surface area contributed by atoms with Crippen molar-refractivity contribution in [3.05, 3.63) is 60.1 Å². The summed E-state index contributed by atoms with van der Waals surface area (Å²) >= 11 is 0. The van der Waals surface area contributed by atoms with Crippen LogP contribution in [0, 0.1) is 0 Å². The van der Waals surface area contributed by atoms with E-state index in [9.17, 15) is 9.90 Å².